The average molecular weight is 524 g/mol. The smallest absolute Gasteiger partial charge is 0.240 e. The van der Waals surface area contributed by atoms with Crippen LogP contribution < -0.4 is 10.7 Å². The molecular weight excluding hydrogens is 508 g/mol. The number of hydrogen-bond donors (Lipinski definition) is 3. The molecule has 3 rings (SSSR count). The molecule has 144 valence electrons. The average Bonchev–Trinajstić information content (AvgIpc) is 3.10. The SMILES string of the molecule is Cc1ccc(NC(=O)CSc2n[nH]c(N/N=C\c3cccc(Br)c3)n2)c(Br)c1. The number of carbonyl (C=O) groups excluding carboxylic acids is 1. The molecule has 0 bridgehead atoms. The van der Waals surface area contributed by atoms with Gasteiger partial charge >= 0.3 is 0 Å². The molecule has 2 aromatic carbocycles. The van der Waals surface area contributed by atoms with Crippen LogP contribution in [0.3, 0.4) is 0 Å². The molecule has 3 aromatic rings. The molecule has 0 aliphatic rings. The summed E-state index contributed by atoms with van der Waals surface area (Å²) in [5, 5.41) is 14.2. The molecule has 3 N–H and O–H groups in total. The molecule has 1 heterocycles. The van der Waals surface area contributed by atoms with E-state index in [4.69, 9.17) is 0 Å². The lowest BCUT2D eigenvalue weighted by Crippen LogP contribution is -2.14. The number of thioether (sulfide) groups is 1. The van der Waals surface area contributed by atoms with E-state index in [1.165, 1.54) is 11.8 Å². The highest BCUT2D eigenvalue weighted by Crippen LogP contribution is 2.24. The van der Waals surface area contributed by atoms with Crippen molar-refractivity contribution in [1.29, 1.82) is 0 Å². The Morgan fingerprint density at radius 2 is 2.14 bits per heavy atom. The second-order valence-corrected chi connectivity index (χ2v) is 8.42. The van der Waals surface area contributed by atoms with Gasteiger partial charge in [-0.15, -0.1) is 5.10 Å². The van der Waals surface area contributed by atoms with Gasteiger partial charge in [-0.25, -0.2) is 10.5 Å². The molecule has 7 nitrogen and oxygen atoms in total. The number of hydrazone groups is 1. The standard InChI is InChI=1S/C18H16Br2N6OS/c1-11-5-6-15(14(20)7-11)22-16(27)10-28-18-23-17(25-26-18)24-21-9-12-3-2-4-13(19)8-12/h2-9H,10H2,1H3,(H,22,27)(H2,23,24,25,26)/b21-9-. The zero-order valence-corrected chi connectivity index (χ0v) is 18.7. The predicted octanol–water partition coefficient (Wildman–Crippen LogP) is 4.81. The summed E-state index contributed by atoms with van der Waals surface area (Å²) < 4.78 is 1.82. The number of H-pyrrole nitrogens is 1. The number of aromatic nitrogens is 3. The Balaban J connectivity index is 1.48. The number of carbonyl (C=O) groups is 1. The number of anilines is 2. The minimum atomic E-state index is -0.137. The Morgan fingerprint density at radius 1 is 1.29 bits per heavy atom. The van der Waals surface area contributed by atoms with Gasteiger partial charge in [0.25, 0.3) is 0 Å². The number of nitrogens with zero attached hydrogens (tertiary/aromatic N) is 3. The lowest BCUT2D eigenvalue weighted by Gasteiger charge is -2.07. The van der Waals surface area contributed by atoms with Crippen LogP contribution in [0.2, 0.25) is 0 Å². The number of hydrogen-bond acceptors (Lipinski definition) is 6. The summed E-state index contributed by atoms with van der Waals surface area (Å²) in [6.07, 6.45) is 1.67. The van der Waals surface area contributed by atoms with E-state index in [2.05, 4.69) is 62.9 Å². The van der Waals surface area contributed by atoms with Crippen LogP contribution in [-0.4, -0.2) is 33.1 Å². The molecule has 0 saturated heterocycles. The Bertz CT molecular complexity index is 1010. The van der Waals surface area contributed by atoms with Crippen LogP contribution in [0, 0.1) is 6.92 Å². The summed E-state index contributed by atoms with van der Waals surface area (Å²) in [6, 6.07) is 13.5. The number of amides is 1. The molecule has 0 aliphatic carbocycles. The lowest BCUT2D eigenvalue weighted by atomic mass is 10.2. The first-order valence-electron chi connectivity index (χ1n) is 8.15. The quantitative estimate of drug-likeness (QED) is 0.234. The summed E-state index contributed by atoms with van der Waals surface area (Å²) in [5.74, 6) is 0.454. The molecule has 0 atom stereocenters. The topological polar surface area (TPSA) is 95.1 Å². The van der Waals surface area contributed by atoms with Crippen LogP contribution in [0.5, 0.6) is 0 Å². The van der Waals surface area contributed by atoms with Crippen molar-refractivity contribution in [2.75, 3.05) is 16.5 Å². The number of aromatic amines is 1. The Morgan fingerprint density at radius 3 is 2.93 bits per heavy atom. The maximum Gasteiger partial charge on any atom is 0.240 e. The first kappa shape index (κ1) is 20.6. The molecular formula is C18H16Br2N6OS. The van der Waals surface area contributed by atoms with Crippen molar-refractivity contribution in [3.63, 3.8) is 0 Å². The van der Waals surface area contributed by atoms with Crippen LogP contribution in [0.15, 0.2) is 61.7 Å². The first-order chi connectivity index (χ1) is 13.5. The first-order valence-corrected chi connectivity index (χ1v) is 10.7. The van der Waals surface area contributed by atoms with Crippen molar-refractivity contribution in [2.24, 2.45) is 5.10 Å². The molecule has 1 amide bonds. The number of aryl methyl sites for hydroxylation is 1. The molecule has 0 aliphatic heterocycles. The zero-order valence-electron chi connectivity index (χ0n) is 14.7. The van der Waals surface area contributed by atoms with Gasteiger partial charge < -0.3 is 5.32 Å². The minimum absolute atomic E-state index is 0.137. The summed E-state index contributed by atoms with van der Waals surface area (Å²) >= 11 is 8.09. The second kappa shape index (κ2) is 9.85. The molecule has 0 saturated carbocycles. The van der Waals surface area contributed by atoms with Gasteiger partial charge in [-0.2, -0.15) is 10.1 Å². The monoisotopic (exact) mass is 522 g/mol. The maximum atomic E-state index is 12.1. The molecule has 0 spiro atoms. The normalized spacial score (nSPS) is 11.0. The van der Waals surface area contributed by atoms with E-state index < -0.39 is 0 Å². The highest BCUT2D eigenvalue weighted by Gasteiger charge is 2.09. The fourth-order valence-corrected chi connectivity index (χ4v) is 3.76. The van der Waals surface area contributed by atoms with Crippen molar-refractivity contribution in [1.82, 2.24) is 15.2 Å². The maximum absolute atomic E-state index is 12.1. The van der Waals surface area contributed by atoms with Gasteiger partial charge in [-0.1, -0.05) is 45.9 Å². The second-order valence-electron chi connectivity index (χ2n) is 5.71. The van der Waals surface area contributed by atoms with Crippen LogP contribution in [-0.2, 0) is 4.79 Å². The number of halogens is 2. The summed E-state index contributed by atoms with van der Waals surface area (Å²) in [4.78, 5) is 16.4. The highest BCUT2D eigenvalue weighted by atomic mass is 79.9. The summed E-state index contributed by atoms with van der Waals surface area (Å²) in [7, 11) is 0. The Kier molecular flexibility index (Phi) is 7.24. The van der Waals surface area contributed by atoms with Crippen molar-refractivity contribution in [3.8, 4) is 0 Å². The Labute approximate surface area is 183 Å². The van der Waals surface area contributed by atoms with Crippen LogP contribution in [0.25, 0.3) is 0 Å². The predicted molar refractivity (Wildman–Crippen MR) is 120 cm³/mol. The van der Waals surface area contributed by atoms with Gasteiger partial charge in [-0.05, 0) is 58.2 Å². The number of benzene rings is 2. The van der Waals surface area contributed by atoms with E-state index in [1.807, 2.05) is 49.4 Å². The van der Waals surface area contributed by atoms with Gasteiger partial charge in [-0.3, -0.25) is 4.79 Å². The van der Waals surface area contributed by atoms with Crippen LogP contribution in [0.4, 0.5) is 11.6 Å². The van der Waals surface area contributed by atoms with E-state index in [1.54, 1.807) is 6.21 Å². The third kappa shape index (κ3) is 6.18. The van der Waals surface area contributed by atoms with E-state index in [0.717, 1.165) is 25.8 Å². The van der Waals surface area contributed by atoms with Gasteiger partial charge in [0, 0.05) is 8.95 Å². The molecule has 28 heavy (non-hydrogen) atoms. The minimum Gasteiger partial charge on any atom is -0.324 e. The summed E-state index contributed by atoms with van der Waals surface area (Å²) in [5.41, 5.74) is 5.56. The van der Waals surface area contributed by atoms with Gasteiger partial charge in [0.05, 0.1) is 17.7 Å². The molecule has 0 radical (unpaired) electrons. The molecule has 0 unspecified atom stereocenters. The molecule has 0 fully saturated rings. The van der Waals surface area contributed by atoms with Crippen molar-refractivity contribution in [2.45, 2.75) is 12.1 Å². The molecule has 1 aromatic heterocycles. The largest absolute Gasteiger partial charge is 0.324 e. The van der Waals surface area contributed by atoms with Crippen molar-refractivity contribution >= 4 is 67.4 Å². The summed E-state index contributed by atoms with van der Waals surface area (Å²) in [6.45, 7) is 1.99. The zero-order chi connectivity index (χ0) is 19.9. The fraction of sp³-hybridized carbons (Fsp3) is 0.111. The number of nitrogens with one attached hydrogen (secondary N) is 3. The lowest BCUT2D eigenvalue weighted by molar-refractivity contribution is -0.113. The van der Waals surface area contributed by atoms with E-state index in [9.17, 15) is 4.79 Å². The van der Waals surface area contributed by atoms with Crippen molar-refractivity contribution in [3.05, 3.63) is 62.5 Å². The van der Waals surface area contributed by atoms with Gasteiger partial charge in [0.15, 0.2) is 0 Å². The number of rotatable bonds is 7. The highest BCUT2D eigenvalue weighted by molar-refractivity contribution is 9.10. The van der Waals surface area contributed by atoms with Crippen LogP contribution >= 0.6 is 43.6 Å². The Hall–Kier alpha value is -2.17. The van der Waals surface area contributed by atoms with E-state index >= 15 is 0 Å². The molecule has 10 heteroatoms. The van der Waals surface area contributed by atoms with Gasteiger partial charge in [0.1, 0.15) is 0 Å². The third-order valence-electron chi connectivity index (χ3n) is 3.43. The third-order valence-corrected chi connectivity index (χ3v) is 5.43. The van der Waals surface area contributed by atoms with Crippen LogP contribution in [0.1, 0.15) is 11.1 Å². The van der Waals surface area contributed by atoms with Gasteiger partial charge in [0.2, 0.25) is 17.0 Å². The van der Waals surface area contributed by atoms with E-state index in [-0.39, 0.29) is 11.7 Å². The van der Waals surface area contributed by atoms with Crippen molar-refractivity contribution < 1.29 is 4.79 Å². The van der Waals surface area contributed by atoms with E-state index in [0.29, 0.717) is 11.1 Å². The fourth-order valence-electron chi connectivity index (χ4n) is 2.15.